The smallest absolute Gasteiger partial charge is 0.323 e. The summed E-state index contributed by atoms with van der Waals surface area (Å²) >= 11 is 0. The summed E-state index contributed by atoms with van der Waals surface area (Å²) in [4.78, 5) is 24.3. The zero-order valence-electron chi connectivity index (χ0n) is 12.7. The van der Waals surface area contributed by atoms with Crippen molar-refractivity contribution in [2.75, 3.05) is 17.5 Å². The van der Waals surface area contributed by atoms with Crippen LogP contribution in [0.5, 0.6) is 0 Å². The van der Waals surface area contributed by atoms with E-state index in [-0.39, 0.29) is 24.9 Å². The highest BCUT2D eigenvalue weighted by atomic mass is 32.2. The van der Waals surface area contributed by atoms with E-state index in [9.17, 15) is 18.0 Å². The molecule has 1 rings (SSSR count). The second kappa shape index (κ2) is 7.26. The lowest BCUT2D eigenvalue weighted by Crippen LogP contribution is -2.41. The average molecular weight is 328 g/mol. The molecule has 122 valence electrons. The third-order valence-corrected chi connectivity index (χ3v) is 3.44. The monoisotopic (exact) mass is 328 g/mol. The van der Waals surface area contributed by atoms with Gasteiger partial charge in [0.2, 0.25) is 15.9 Å². The SMILES string of the molecule is CC(C)N(CC(=O)O)C(=O)Cc1cccc(NS(C)(=O)=O)c1. The summed E-state index contributed by atoms with van der Waals surface area (Å²) in [5, 5.41) is 8.85. The number of carbonyl (C=O) groups excluding carboxylic acids is 1. The van der Waals surface area contributed by atoms with Crippen LogP contribution < -0.4 is 4.72 Å². The molecule has 0 aliphatic rings. The molecule has 0 spiro atoms. The highest BCUT2D eigenvalue weighted by molar-refractivity contribution is 7.92. The van der Waals surface area contributed by atoms with E-state index in [1.165, 1.54) is 4.90 Å². The fraction of sp³-hybridized carbons (Fsp3) is 0.429. The minimum Gasteiger partial charge on any atom is -0.480 e. The van der Waals surface area contributed by atoms with Gasteiger partial charge in [-0.2, -0.15) is 0 Å². The molecule has 0 aliphatic carbocycles. The molecule has 22 heavy (non-hydrogen) atoms. The van der Waals surface area contributed by atoms with Gasteiger partial charge in [-0.3, -0.25) is 14.3 Å². The van der Waals surface area contributed by atoms with Gasteiger partial charge in [0.25, 0.3) is 0 Å². The lowest BCUT2D eigenvalue weighted by molar-refractivity contribution is -0.145. The summed E-state index contributed by atoms with van der Waals surface area (Å²) < 4.78 is 24.7. The van der Waals surface area contributed by atoms with Gasteiger partial charge in [-0.15, -0.1) is 0 Å². The maximum absolute atomic E-state index is 12.2. The van der Waals surface area contributed by atoms with E-state index in [4.69, 9.17) is 5.11 Å². The number of benzene rings is 1. The van der Waals surface area contributed by atoms with E-state index < -0.39 is 16.0 Å². The van der Waals surface area contributed by atoms with Gasteiger partial charge in [0.15, 0.2) is 0 Å². The molecular weight excluding hydrogens is 308 g/mol. The highest BCUT2D eigenvalue weighted by Gasteiger charge is 2.20. The zero-order chi connectivity index (χ0) is 16.9. The predicted octanol–water partition coefficient (Wildman–Crippen LogP) is 0.922. The molecule has 0 bridgehead atoms. The van der Waals surface area contributed by atoms with E-state index in [0.29, 0.717) is 11.3 Å². The van der Waals surface area contributed by atoms with Gasteiger partial charge >= 0.3 is 5.97 Å². The van der Waals surface area contributed by atoms with Crippen molar-refractivity contribution in [3.8, 4) is 0 Å². The summed E-state index contributed by atoms with van der Waals surface area (Å²) in [7, 11) is -3.39. The van der Waals surface area contributed by atoms with Crippen molar-refractivity contribution in [2.24, 2.45) is 0 Å². The zero-order valence-corrected chi connectivity index (χ0v) is 13.6. The Balaban J connectivity index is 2.87. The molecular formula is C14H20N2O5S. The number of nitrogens with one attached hydrogen (secondary N) is 1. The van der Waals surface area contributed by atoms with Crippen LogP contribution in [0.15, 0.2) is 24.3 Å². The Kier molecular flexibility index (Phi) is 5.92. The van der Waals surface area contributed by atoms with Crippen LogP contribution >= 0.6 is 0 Å². The van der Waals surface area contributed by atoms with Gasteiger partial charge < -0.3 is 10.0 Å². The number of hydrogen-bond acceptors (Lipinski definition) is 4. The molecule has 2 N–H and O–H groups in total. The maximum atomic E-state index is 12.2. The Morgan fingerprint density at radius 3 is 2.45 bits per heavy atom. The molecule has 1 amide bonds. The van der Waals surface area contributed by atoms with E-state index in [1.807, 2.05) is 0 Å². The first-order valence-corrected chi connectivity index (χ1v) is 8.55. The number of aliphatic carboxylic acids is 1. The van der Waals surface area contributed by atoms with Gasteiger partial charge in [0.1, 0.15) is 6.54 Å². The lowest BCUT2D eigenvalue weighted by Gasteiger charge is -2.25. The topological polar surface area (TPSA) is 104 Å². The second-order valence-corrected chi connectivity index (χ2v) is 7.01. The number of carboxylic acid groups (broad SMARTS) is 1. The van der Waals surface area contributed by atoms with Crippen molar-refractivity contribution in [2.45, 2.75) is 26.3 Å². The normalized spacial score (nSPS) is 11.3. The standard InChI is InChI=1S/C14H20N2O5S/c1-10(2)16(9-14(18)19)13(17)8-11-5-4-6-12(7-11)15-22(3,20)21/h4-7,10,15H,8-9H2,1-3H3,(H,18,19). The van der Waals surface area contributed by atoms with Crippen molar-refractivity contribution in [1.82, 2.24) is 4.90 Å². The van der Waals surface area contributed by atoms with Crippen LogP contribution in [0.2, 0.25) is 0 Å². The van der Waals surface area contributed by atoms with Crippen LogP contribution in [0, 0.1) is 0 Å². The highest BCUT2D eigenvalue weighted by Crippen LogP contribution is 2.14. The minimum atomic E-state index is -3.39. The Morgan fingerprint density at radius 1 is 1.32 bits per heavy atom. The molecule has 0 radical (unpaired) electrons. The number of carboxylic acids is 1. The number of sulfonamides is 1. The summed E-state index contributed by atoms with van der Waals surface area (Å²) in [6, 6.07) is 6.21. The van der Waals surface area contributed by atoms with Crippen molar-refractivity contribution in [1.29, 1.82) is 0 Å². The Bertz CT molecular complexity index is 655. The summed E-state index contributed by atoms with van der Waals surface area (Å²) in [6.45, 7) is 3.11. The average Bonchev–Trinajstić information content (AvgIpc) is 2.33. The van der Waals surface area contributed by atoms with Gasteiger partial charge in [0.05, 0.1) is 12.7 Å². The lowest BCUT2D eigenvalue weighted by atomic mass is 10.1. The first kappa shape index (κ1) is 18.0. The molecule has 0 atom stereocenters. The molecule has 0 saturated carbocycles. The van der Waals surface area contributed by atoms with Crippen LogP contribution in [0.1, 0.15) is 19.4 Å². The van der Waals surface area contributed by atoms with Gasteiger partial charge in [0, 0.05) is 11.7 Å². The Labute approximate surface area is 130 Å². The first-order chi connectivity index (χ1) is 10.1. The number of nitrogens with zero attached hydrogens (tertiary/aromatic N) is 1. The van der Waals surface area contributed by atoms with Crippen LogP contribution in [0.3, 0.4) is 0 Å². The Hall–Kier alpha value is -2.09. The van der Waals surface area contributed by atoms with E-state index in [2.05, 4.69) is 4.72 Å². The van der Waals surface area contributed by atoms with E-state index in [1.54, 1.807) is 38.1 Å². The van der Waals surface area contributed by atoms with E-state index >= 15 is 0 Å². The summed E-state index contributed by atoms with van der Waals surface area (Å²) in [5.74, 6) is -1.40. The molecule has 0 fully saturated rings. The Morgan fingerprint density at radius 2 is 1.95 bits per heavy atom. The third kappa shape index (κ3) is 6.13. The summed E-state index contributed by atoms with van der Waals surface area (Å²) in [6.07, 6.45) is 1.04. The predicted molar refractivity (Wildman–Crippen MR) is 83.1 cm³/mol. The van der Waals surface area contributed by atoms with Gasteiger partial charge in [-0.1, -0.05) is 12.1 Å². The van der Waals surface area contributed by atoms with Crippen LogP contribution in [-0.4, -0.2) is 49.1 Å². The molecule has 0 aromatic heterocycles. The fourth-order valence-corrected chi connectivity index (χ4v) is 2.49. The second-order valence-electron chi connectivity index (χ2n) is 5.26. The van der Waals surface area contributed by atoms with Crippen molar-refractivity contribution >= 4 is 27.6 Å². The van der Waals surface area contributed by atoms with Gasteiger partial charge in [-0.25, -0.2) is 8.42 Å². The fourth-order valence-electron chi connectivity index (χ4n) is 1.94. The number of hydrogen-bond donors (Lipinski definition) is 2. The first-order valence-electron chi connectivity index (χ1n) is 6.66. The third-order valence-electron chi connectivity index (χ3n) is 2.83. The molecule has 0 unspecified atom stereocenters. The van der Waals surface area contributed by atoms with Crippen LogP contribution in [-0.2, 0) is 26.0 Å². The molecule has 1 aromatic rings. The summed E-state index contributed by atoms with van der Waals surface area (Å²) in [5.41, 5.74) is 0.969. The molecule has 0 saturated heterocycles. The van der Waals surface area contributed by atoms with Crippen molar-refractivity contribution in [3.05, 3.63) is 29.8 Å². The largest absolute Gasteiger partial charge is 0.480 e. The molecule has 8 heteroatoms. The van der Waals surface area contributed by atoms with E-state index in [0.717, 1.165) is 6.26 Å². The molecule has 0 heterocycles. The number of amides is 1. The maximum Gasteiger partial charge on any atom is 0.323 e. The molecule has 0 aliphatic heterocycles. The van der Waals surface area contributed by atoms with Crippen molar-refractivity contribution < 1.29 is 23.1 Å². The van der Waals surface area contributed by atoms with Gasteiger partial charge in [-0.05, 0) is 31.5 Å². The molecule has 7 nitrogen and oxygen atoms in total. The minimum absolute atomic E-state index is 0.00470. The number of rotatable bonds is 7. The van der Waals surface area contributed by atoms with Crippen LogP contribution in [0.4, 0.5) is 5.69 Å². The number of anilines is 1. The molecule has 1 aromatic carbocycles. The quantitative estimate of drug-likeness (QED) is 0.774. The van der Waals surface area contributed by atoms with Crippen LogP contribution in [0.25, 0.3) is 0 Å². The van der Waals surface area contributed by atoms with Crippen molar-refractivity contribution in [3.63, 3.8) is 0 Å². The number of carbonyl (C=O) groups is 2.